The van der Waals surface area contributed by atoms with Gasteiger partial charge in [-0.3, -0.25) is 4.79 Å². The van der Waals surface area contributed by atoms with Gasteiger partial charge in [0.2, 0.25) is 0 Å². The molecule has 0 saturated carbocycles. The number of hydrogen-bond donors (Lipinski definition) is 1. The number of aliphatic hydroxyl groups is 1. The SMILES string of the molecule is CO/N=C1/C[C@@H](CO)N(C(=O)c2ncc(-c3cccc(C#N)c3C)c3c2OCCO3)C1. The van der Waals surface area contributed by atoms with E-state index in [1.54, 1.807) is 18.3 Å². The molecule has 9 heteroatoms. The minimum Gasteiger partial charge on any atom is -0.485 e. The highest BCUT2D eigenvalue weighted by Crippen LogP contribution is 2.43. The lowest BCUT2D eigenvalue weighted by Gasteiger charge is -2.26. The Kier molecular flexibility index (Phi) is 5.73. The van der Waals surface area contributed by atoms with Gasteiger partial charge in [0.1, 0.15) is 20.3 Å². The normalized spacial score (nSPS) is 18.7. The molecule has 0 unspecified atom stereocenters. The van der Waals surface area contributed by atoms with E-state index < -0.39 is 6.04 Å². The van der Waals surface area contributed by atoms with E-state index in [1.165, 1.54) is 12.0 Å². The molecule has 9 nitrogen and oxygen atoms in total. The summed E-state index contributed by atoms with van der Waals surface area (Å²) in [7, 11) is 1.44. The van der Waals surface area contributed by atoms with Crippen molar-refractivity contribution in [2.45, 2.75) is 19.4 Å². The smallest absolute Gasteiger partial charge is 0.277 e. The van der Waals surface area contributed by atoms with Gasteiger partial charge in [0.25, 0.3) is 5.91 Å². The summed E-state index contributed by atoms with van der Waals surface area (Å²) in [5.74, 6) is 0.314. The number of likely N-dealkylation sites (tertiary alicyclic amines) is 1. The minimum atomic E-state index is -0.419. The molecule has 2 aliphatic rings. The van der Waals surface area contributed by atoms with Gasteiger partial charge in [0.05, 0.1) is 36.5 Å². The van der Waals surface area contributed by atoms with Crippen LogP contribution in [0.15, 0.2) is 29.6 Å². The van der Waals surface area contributed by atoms with Gasteiger partial charge in [0, 0.05) is 18.2 Å². The van der Waals surface area contributed by atoms with Crippen molar-refractivity contribution < 1.29 is 24.2 Å². The molecule has 0 spiro atoms. The lowest BCUT2D eigenvalue weighted by atomic mass is 9.96. The highest BCUT2D eigenvalue weighted by atomic mass is 16.6. The Hall–Kier alpha value is -3.64. The molecule has 1 N–H and O–H groups in total. The van der Waals surface area contributed by atoms with Crippen molar-refractivity contribution in [3.05, 3.63) is 41.2 Å². The average Bonchev–Trinajstić information content (AvgIpc) is 3.21. The van der Waals surface area contributed by atoms with Crippen molar-refractivity contribution in [1.29, 1.82) is 5.26 Å². The Morgan fingerprint density at radius 2 is 2.13 bits per heavy atom. The number of pyridine rings is 1. The van der Waals surface area contributed by atoms with Crippen molar-refractivity contribution >= 4 is 11.6 Å². The van der Waals surface area contributed by atoms with Crippen LogP contribution in [-0.2, 0) is 4.84 Å². The molecule has 31 heavy (non-hydrogen) atoms. The standard InChI is InChI=1S/C22H22N4O5/c1-13-14(9-23)4-3-5-17(13)18-10-24-19(21-20(18)30-6-7-31-21)22(28)26-11-15(25-29-2)8-16(26)12-27/h3-5,10,16,27H,6-8,11-12H2,1-2H3/b25-15-/t16-/m0/s1. The number of amides is 1. The van der Waals surface area contributed by atoms with Crippen LogP contribution in [-0.4, -0.2) is 66.1 Å². The molecule has 1 saturated heterocycles. The van der Waals surface area contributed by atoms with E-state index in [2.05, 4.69) is 16.2 Å². The number of nitriles is 1. The molecule has 1 amide bonds. The van der Waals surface area contributed by atoms with Gasteiger partial charge in [-0.1, -0.05) is 17.3 Å². The van der Waals surface area contributed by atoms with Crippen LogP contribution >= 0.6 is 0 Å². The summed E-state index contributed by atoms with van der Waals surface area (Å²) in [6.45, 7) is 2.51. The molecule has 1 fully saturated rings. The van der Waals surface area contributed by atoms with E-state index >= 15 is 0 Å². The van der Waals surface area contributed by atoms with E-state index in [0.29, 0.717) is 35.6 Å². The summed E-state index contributed by atoms with van der Waals surface area (Å²) in [5.41, 5.74) is 3.57. The van der Waals surface area contributed by atoms with E-state index in [-0.39, 0.29) is 37.1 Å². The molecule has 1 aromatic carbocycles. The van der Waals surface area contributed by atoms with Crippen LogP contribution in [0.2, 0.25) is 0 Å². The van der Waals surface area contributed by atoms with Crippen molar-refractivity contribution in [2.24, 2.45) is 5.16 Å². The first-order chi connectivity index (χ1) is 15.1. The van der Waals surface area contributed by atoms with E-state index in [4.69, 9.17) is 14.3 Å². The van der Waals surface area contributed by atoms with Gasteiger partial charge in [-0.2, -0.15) is 5.26 Å². The van der Waals surface area contributed by atoms with Crippen LogP contribution in [0.4, 0.5) is 0 Å². The van der Waals surface area contributed by atoms with E-state index in [1.807, 2.05) is 13.0 Å². The molecule has 1 aromatic heterocycles. The summed E-state index contributed by atoms with van der Waals surface area (Å²) in [4.78, 5) is 24.1. The van der Waals surface area contributed by atoms with Gasteiger partial charge in [-0.25, -0.2) is 4.98 Å². The molecule has 4 rings (SSSR count). The summed E-state index contributed by atoms with van der Waals surface area (Å²) in [5, 5.41) is 23.0. The number of aromatic nitrogens is 1. The molecule has 160 valence electrons. The molecule has 1 atom stereocenters. The van der Waals surface area contributed by atoms with Crippen molar-refractivity contribution in [3.8, 4) is 28.7 Å². The number of rotatable bonds is 4. The maximum absolute atomic E-state index is 13.3. The maximum Gasteiger partial charge on any atom is 0.277 e. The first-order valence-corrected chi connectivity index (χ1v) is 9.88. The van der Waals surface area contributed by atoms with Crippen LogP contribution in [0.3, 0.4) is 0 Å². The Bertz CT molecular complexity index is 1090. The maximum atomic E-state index is 13.3. The lowest BCUT2D eigenvalue weighted by molar-refractivity contribution is 0.0663. The Morgan fingerprint density at radius 3 is 2.84 bits per heavy atom. The minimum absolute atomic E-state index is 0.115. The van der Waals surface area contributed by atoms with Gasteiger partial charge in [-0.15, -0.1) is 0 Å². The van der Waals surface area contributed by atoms with Crippen LogP contribution in [0.25, 0.3) is 11.1 Å². The second kappa shape index (κ2) is 8.62. The molecule has 2 aromatic rings. The fourth-order valence-electron chi connectivity index (χ4n) is 3.94. The van der Waals surface area contributed by atoms with Crippen LogP contribution < -0.4 is 9.47 Å². The Morgan fingerprint density at radius 1 is 1.35 bits per heavy atom. The van der Waals surface area contributed by atoms with E-state index in [0.717, 1.165) is 11.1 Å². The third-order valence-corrected chi connectivity index (χ3v) is 5.47. The number of ether oxygens (including phenoxy) is 2. The third-order valence-electron chi connectivity index (χ3n) is 5.47. The fourth-order valence-corrected chi connectivity index (χ4v) is 3.94. The first kappa shape index (κ1) is 20.6. The predicted octanol–water partition coefficient (Wildman–Crippen LogP) is 1.91. The lowest BCUT2D eigenvalue weighted by Crippen LogP contribution is -2.38. The Balaban J connectivity index is 1.77. The highest BCUT2D eigenvalue weighted by Gasteiger charge is 2.37. The average molecular weight is 422 g/mol. The van der Waals surface area contributed by atoms with Crippen LogP contribution in [0, 0.1) is 18.3 Å². The number of carbonyl (C=O) groups excluding carboxylic acids is 1. The summed E-state index contributed by atoms with van der Waals surface area (Å²) >= 11 is 0. The Labute approximate surface area is 179 Å². The number of aliphatic hydroxyl groups excluding tert-OH is 1. The van der Waals surface area contributed by atoms with E-state index in [9.17, 15) is 15.2 Å². The van der Waals surface area contributed by atoms with Crippen molar-refractivity contribution in [3.63, 3.8) is 0 Å². The van der Waals surface area contributed by atoms with Gasteiger partial charge >= 0.3 is 0 Å². The monoisotopic (exact) mass is 422 g/mol. The fraction of sp³-hybridized carbons (Fsp3) is 0.364. The molecule has 3 heterocycles. The van der Waals surface area contributed by atoms with Gasteiger partial charge < -0.3 is 24.3 Å². The molecular formula is C22H22N4O5. The van der Waals surface area contributed by atoms with Crippen LogP contribution in [0.5, 0.6) is 11.5 Å². The third kappa shape index (κ3) is 3.66. The largest absolute Gasteiger partial charge is 0.485 e. The number of nitrogens with zero attached hydrogens (tertiary/aromatic N) is 4. The number of carbonyl (C=O) groups is 1. The van der Waals surface area contributed by atoms with Gasteiger partial charge in [0.15, 0.2) is 17.2 Å². The highest BCUT2D eigenvalue weighted by molar-refractivity contribution is 6.02. The molecule has 0 aliphatic carbocycles. The quantitative estimate of drug-likeness (QED) is 0.748. The summed E-state index contributed by atoms with van der Waals surface area (Å²) in [6, 6.07) is 7.18. The predicted molar refractivity (Wildman–Crippen MR) is 111 cm³/mol. The summed E-state index contributed by atoms with van der Waals surface area (Å²) < 4.78 is 11.7. The zero-order valence-electron chi connectivity index (χ0n) is 17.3. The topological polar surface area (TPSA) is 117 Å². The molecular weight excluding hydrogens is 400 g/mol. The second-order valence-electron chi connectivity index (χ2n) is 7.28. The number of fused-ring (bicyclic) bond motifs is 1. The van der Waals surface area contributed by atoms with Crippen LogP contribution in [0.1, 0.15) is 28.0 Å². The number of oxime groups is 1. The zero-order valence-corrected chi connectivity index (χ0v) is 17.3. The summed E-state index contributed by atoms with van der Waals surface area (Å²) in [6.07, 6.45) is 1.99. The number of hydrogen-bond acceptors (Lipinski definition) is 8. The second-order valence-corrected chi connectivity index (χ2v) is 7.28. The molecule has 0 bridgehead atoms. The molecule has 2 aliphatic heterocycles. The number of benzene rings is 1. The first-order valence-electron chi connectivity index (χ1n) is 9.88. The van der Waals surface area contributed by atoms with Crippen molar-refractivity contribution in [1.82, 2.24) is 9.88 Å². The zero-order chi connectivity index (χ0) is 22.0. The van der Waals surface area contributed by atoms with Crippen molar-refractivity contribution in [2.75, 3.05) is 33.5 Å². The van der Waals surface area contributed by atoms with Gasteiger partial charge in [-0.05, 0) is 24.1 Å². The molecule has 0 radical (unpaired) electrons.